The van der Waals surface area contributed by atoms with E-state index < -0.39 is 0 Å². The van der Waals surface area contributed by atoms with Crippen LogP contribution in [0.4, 0.5) is 5.69 Å². The molecule has 0 bridgehead atoms. The minimum absolute atomic E-state index is 0.803. The second-order valence-corrected chi connectivity index (χ2v) is 4.84. The number of anilines is 1. The predicted molar refractivity (Wildman–Crippen MR) is 83.2 cm³/mol. The van der Waals surface area contributed by atoms with E-state index in [1.807, 2.05) is 24.3 Å². The first kappa shape index (κ1) is 12.6. The first-order valence-corrected chi connectivity index (χ1v) is 6.69. The van der Waals surface area contributed by atoms with Gasteiger partial charge in [0, 0.05) is 29.3 Å². The Labute approximate surface area is 118 Å². The predicted octanol–water partition coefficient (Wildman–Crippen LogP) is 3.80. The summed E-state index contributed by atoms with van der Waals surface area (Å²) in [6.45, 7) is 0.803. The molecule has 0 aliphatic rings. The first-order chi connectivity index (χ1) is 9.78. The number of aromatic nitrogens is 1. The van der Waals surface area contributed by atoms with Crippen molar-refractivity contribution >= 4 is 16.6 Å². The SMILES string of the molecule is COc1ccc2c(c1)cc(CNc1ccccc1)n2C. The van der Waals surface area contributed by atoms with Crippen molar-refractivity contribution in [3.63, 3.8) is 0 Å². The summed E-state index contributed by atoms with van der Waals surface area (Å²) in [5, 5.41) is 4.64. The number of benzene rings is 2. The van der Waals surface area contributed by atoms with Gasteiger partial charge in [-0.2, -0.15) is 0 Å². The molecular weight excluding hydrogens is 248 g/mol. The molecule has 0 fully saturated rings. The topological polar surface area (TPSA) is 26.2 Å². The average Bonchev–Trinajstić information content (AvgIpc) is 2.82. The van der Waals surface area contributed by atoms with Gasteiger partial charge in [0.1, 0.15) is 5.75 Å². The van der Waals surface area contributed by atoms with Crippen LogP contribution in [0.5, 0.6) is 5.75 Å². The van der Waals surface area contributed by atoms with Crippen LogP contribution in [0.1, 0.15) is 5.69 Å². The second kappa shape index (κ2) is 5.29. The molecule has 1 heterocycles. The van der Waals surface area contributed by atoms with Crippen LogP contribution in [0.25, 0.3) is 10.9 Å². The number of nitrogens with zero attached hydrogens (tertiary/aromatic N) is 1. The summed E-state index contributed by atoms with van der Waals surface area (Å²) in [4.78, 5) is 0. The van der Waals surface area contributed by atoms with Crippen molar-refractivity contribution in [1.29, 1.82) is 0 Å². The van der Waals surface area contributed by atoms with Crippen molar-refractivity contribution in [3.05, 3.63) is 60.3 Å². The van der Waals surface area contributed by atoms with Crippen LogP contribution in [0.2, 0.25) is 0 Å². The third-order valence-electron chi connectivity index (χ3n) is 3.60. The van der Waals surface area contributed by atoms with E-state index in [1.165, 1.54) is 16.6 Å². The molecule has 0 aliphatic heterocycles. The number of rotatable bonds is 4. The molecule has 20 heavy (non-hydrogen) atoms. The largest absolute Gasteiger partial charge is 0.497 e. The van der Waals surface area contributed by atoms with Crippen molar-refractivity contribution in [2.45, 2.75) is 6.54 Å². The number of para-hydroxylation sites is 1. The number of methoxy groups -OCH3 is 1. The van der Waals surface area contributed by atoms with Crippen molar-refractivity contribution < 1.29 is 4.74 Å². The maximum Gasteiger partial charge on any atom is 0.119 e. The summed E-state index contributed by atoms with van der Waals surface area (Å²) in [6.07, 6.45) is 0. The Morgan fingerprint density at radius 1 is 1.05 bits per heavy atom. The highest BCUT2D eigenvalue weighted by molar-refractivity contribution is 5.82. The van der Waals surface area contributed by atoms with Gasteiger partial charge in [-0.05, 0) is 36.4 Å². The van der Waals surface area contributed by atoms with E-state index in [2.05, 4.69) is 47.3 Å². The zero-order chi connectivity index (χ0) is 13.9. The van der Waals surface area contributed by atoms with Crippen LogP contribution in [0.3, 0.4) is 0 Å². The van der Waals surface area contributed by atoms with E-state index in [4.69, 9.17) is 4.74 Å². The highest BCUT2D eigenvalue weighted by atomic mass is 16.5. The Kier molecular flexibility index (Phi) is 3.33. The summed E-state index contributed by atoms with van der Waals surface area (Å²) in [5.74, 6) is 0.894. The standard InChI is InChI=1S/C17H18N2O/c1-19-15(12-18-14-6-4-3-5-7-14)10-13-11-16(20-2)8-9-17(13)19/h3-11,18H,12H2,1-2H3. The molecule has 1 N–H and O–H groups in total. The lowest BCUT2D eigenvalue weighted by Gasteiger charge is -2.07. The highest BCUT2D eigenvalue weighted by Gasteiger charge is 2.06. The van der Waals surface area contributed by atoms with Gasteiger partial charge in [0.25, 0.3) is 0 Å². The van der Waals surface area contributed by atoms with Crippen LogP contribution < -0.4 is 10.1 Å². The fourth-order valence-corrected chi connectivity index (χ4v) is 2.43. The van der Waals surface area contributed by atoms with E-state index in [0.717, 1.165) is 18.0 Å². The lowest BCUT2D eigenvalue weighted by atomic mass is 10.2. The van der Waals surface area contributed by atoms with Gasteiger partial charge in [0.2, 0.25) is 0 Å². The zero-order valence-electron chi connectivity index (χ0n) is 11.8. The molecule has 0 amide bonds. The number of ether oxygens (including phenoxy) is 1. The molecule has 3 heteroatoms. The average molecular weight is 266 g/mol. The minimum atomic E-state index is 0.803. The Bertz CT molecular complexity index is 716. The van der Waals surface area contributed by atoms with Gasteiger partial charge in [0.15, 0.2) is 0 Å². The van der Waals surface area contributed by atoms with Gasteiger partial charge in [-0.1, -0.05) is 18.2 Å². The molecule has 0 saturated heterocycles. The number of hydrogen-bond donors (Lipinski definition) is 1. The molecular formula is C17H18N2O. The fraction of sp³-hybridized carbons (Fsp3) is 0.176. The van der Waals surface area contributed by atoms with Gasteiger partial charge in [-0.25, -0.2) is 0 Å². The van der Waals surface area contributed by atoms with Gasteiger partial charge in [0.05, 0.1) is 13.7 Å². The molecule has 0 saturated carbocycles. The highest BCUT2D eigenvalue weighted by Crippen LogP contribution is 2.24. The molecule has 3 rings (SSSR count). The Balaban J connectivity index is 1.86. The smallest absolute Gasteiger partial charge is 0.119 e. The number of hydrogen-bond acceptors (Lipinski definition) is 2. The lowest BCUT2D eigenvalue weighted by Crippen LogP contribution is -2.04. The maximum absolute atomic E-state index is 5.28. The Hall–Kier alpha value is -2.42. The van der Waals surface area contributed by atoms with E-state index >= 15 is 0 Å². The van der Waals surface area contributed by atoms with Crippen molar-refractivity contribution in [1.82, 2.24) is 4.57 Å². The molecule has 0 aliphatic carbocycles. The molecule has 1 aromatic heterocycles. The van der Waals surface area contributed by atoms with Gasteiger partial charge in [-0.3, -0.25) is 0 Å². The second-order valence-electron chi connectivity index (χ2n) is 4.84. The molecule has 3 nitrogen and oxygen atoms in total. The van der Waals surface area contributed by atoms with Crippen LogP contribution in [0.15, 0.2) is 54.6 Å². The van der Waals surface area contributed by atoms with E-state index in [1.54, 1.807) is 7.11 Å². The zero-order valence-corrected chi connectivity index (χ0v) is 11.8. The van der Waals surface area contributed by atoms with Gasteiger partial charge >= 0.3 is 0 Å². The lowest BCUT2D eigenvalue weighted by molar-refractivity contribution is 0.415. The van der Waals surface area contributed by atoms with Crippen LogP contribution in [-0.2, 0) is 13.6 Å². The third-order valence-corrected chi connectivity index (χ3v) is 3.60. The third kappa shape index (κ3) is 2.35. The first-order valence-electron chi connectivity index (χ1n) is 6.69. The molecule has 0 spiro atoms. The van der Waals surface area contributed by atoms with Gasteiger partial charge < -0.3 is 14.6 Å². The fourth-order valence-electron chi connectivity index (χ4n) is 2.43. The normalized spacial score (nSPS) is 10.7. The summed E-state index contributed by atoms with van der Waals surface area (Å²) in [6, 6.07) is 18.6. The molecule has 102 valence electrons. The molecule has 0 atom stereocenters. The van der Waals surface area contributed by atoms with Crippen molar-refractivity contribution in [2.75, 3.05) is 12.4 Å². The van der Waals surface area contributed by atoms with E-state index in [-0.39, 0.29) is 0 Å². The van der Waals surface area contributed by atoms with E-state index in [0.29, 0.717) is 0 Å². The molecule has 3 aromatic rings. The Morgan fingerprint density at radius 2 is 1.85 bits per heavy atom. The van der Waals surface area contributed by atoms with Crippen molar-refractivity contribution in [2.24, 2.45) is 7.05 Å². The quantitative estimate of drug-likeness (QED) is 0.777. The summed E-state index contributed by atoms with van der Waals surface area (Å²) < 4.78 is 7.49. The van der Waals surface area contributed by atoms with Crippen LogP contribution in [0, 0.1) is 0 Å². The molecule has 0 unspecified atom stereocenters. The summed E-state index contributed by atoms with van der Waals surface area (Å²) >= 11 is 0. The maximum atomic E-state index is 5.28. The summed E-state index contributed by atoms with van der Waals surface area (Å²) in [5.41, 5.74) is 3.60. The number of nitrogens with one attached hydrogen (secondary N) is 1. The monoisotopic (exact) mass is 266 g/mol. The molecule has 0 radical (unpaired) electrons. The van der Waals surface area contributed by atoms with Crippen LogP contribution in [-0.4, -0.2) is 11.7 Å². The summed E-state index contributed by atoms with van der Waals surface area (Å²) in [7, 11) is 3.79. The van der Waals surface area contributed by atoms with Crippen molar-refractivity contribution in [3.8, 4) is 5.75 Å². The minimum Gasteiger partial charge on any atom is -0.497 e. The van der Waals surface area contributed by atoms with E-state index in [9.17, 15) is 0 Å². The number of fused-ring (bicyclic) bond motifs is 1. The van der Waals surface area contributed by atoms with Crippen LogP contribution >= 0.6 is 0 Å². The van der Waals surface area contributed by atoms with Gasteiger partial charge in [-0.15, -0.1) is 0 Å². The number of aryl methyl sites for hydroxylation is 1. The molecule has 2 aromatic carbocycles. The Morgan fingerprint density at radius 3 is 2.60 bits per heavy atom.